The Kier molecular flexibility index (Phi) is 5.72. The van der Waals surface area contributed by atoms with Crippen LogP contribution in [0.15, 0.2) is 17.7 Å². The molecule has 1 N–H and O–H groups in total. The van der Waals surface area contributed by atoms with Crippen LogP contribution in [0.1, 0.15) is 12.6 Å². The number of thiazole rings is 1. The number of halogens is 1. The van der Waals surface area contributed by atoms with Gasteiger partial charge in [0.2, 0.25) is 11.8 Å². The van der Waals surface area contributed by atoms with Crippen molar-refractivity contribution in [3.8, 4) is 0 Å². The van der Waals surface area contributed by atoms with Gasteiger partial charge in [0.05, 0.1) is 12.2 Å². The van der Waals surface area contributed by atoms with Gasteiger partial charge in [-0.2, -0.15) is 0 Å². The van der Waals surface area contributed by atoms with Crippen LogP contribution in [0.5, 0.6) is 0 Å². The number of amides is 2. The summed E-state index contributed by atoms with van der Waals surface area (Å²) in [5, 5.41) is 5.10. The van der Waals surface area contributed by atoms with Gasteiger partial charge in [0.1, 0.15) is 0 Å². The molecule has 2 aromatic heterocycles. The van der Waals surface area contributed by atoms with Gasteiger partial charge in [0.15, 0.2) is 10.1 Å². The van der Waals surface area contributed by atoms with Crippen molar-refractivity contribution in [1.29, 1.82) is 0 Å². The number of carbonyl (C=O) groups excluding carboxylic acids is 2. The van der Waals surface area contributed by atoms with Crippen LogP contribution in [0.2, 0.25) is 5.15 Å². The largest absolute Gasteiger partial charge is 0.355 e. The number of nitrogens with zero attached hydrogens (tertiary/aromatic N) is 4. The van der Waals surface area contributed by atoms with E-state index < -0.39 is 0 Å². The molecule has 0 atom stereocenters. The molecule has 1 aliphatic heterocycles. The minimum atomic E-state index is -0.0566. The molecule has 1 saturated heterocycles. The molecular formula is C16H20ClN5O2S. The van der Waals surface area contributed by atoms with E-state index in [-0.39, 0.29) is 11.8 Å². The Morgan fingerprint density at radius 1 is 1.36 bits per heavy atom. The van der Waals surface area contributed by atoms with Crippen molar-refractivity contribution in [2.24, 2.45) is 0 Å². The van der Waals surface area contributed by atoms with Gasteiger partial charge in [-0.1, -0.05) is 11.6 Å². The van der Waals surface area contributed by atoms with Crippen molar-refractivity contribution in [2.45, 2.75) is 6.92 Å². The molecule has 25 heavy (non-hydrogen) atoms. The van der Waals surface area contributed by atoms with E-state index in [0.717, 1.165) is 4.96 Å². The fourth-order valence-corrected chi connectivity index (χ4v) is 3.77. The fourth-order valence-electron chi connectivity index (χ4n) is 2.76. The summed E-state index contributed by atoms with van der Waals surface area (Å²) in [5.41, 5.74) is 0.709. The lowest BCUT2D eigenvalue weighted by molar-refractivity contribution is -0.128. The average Bonchev–Trinajstić information content (AvgIpc) is 3.14. The van der Waals surface area contributed by atoms with Crippen molar-refractivity contribution >= 4 is 45.8 Å². The van der Waals surface area contributed by atoms with Gasteiger partial charge in [0.25, 0.3) is 0 Å². The van der Waals surface area contributed by atoms with Gasteiger partial charge in [0, 0.05) is 50.4 Å². The molecule has 3 heterocycles. The van der Waals surface area contributed by atoms with Gasteiger partial charge in [-0.25, -0.2) is 4.98 Å². The van der Waals surface area contributed by atoms with E-state index in [1.54, 1.807) is 11.0 Å². The predicted molar refractivity (Wildman–Crippen MR) is 98.8 cm³/mol. The number of aromatic nitrogens is 2. The normalized spacial score (nSPS) is 16.0. The maximum Gasteiger partial charge on any atom is 0.246 e. The maximum atomic E-state index is 12.4. The van der Waals surface area contributed by atoms with E-state index in [9.17, 15) is 9.59 Å². The van der Waals surface area contributed by atoms with Gasteiger partial charge < -0.3 is 10.2 Å². The molecule has 0 saturated carbocycles. The van der Waals surface area contributed by atoms with E-state index in [1.165, 1.54) is 17.4 Å². The summed E-state index contributed by atoms with van der Waals surface area (Å²) < 4.78 is 1.86. The average molecular weight is 382 g/mol. The summed E-state index contributed by atoms with van der Waals surface area (Å²) in [7, 11) is 0. The van der Waals surface area contributed by atoms with Crippen LogP contribution in [0.4, 0.5) is 0 Å². The lowest BCUT2D eigenvalue weighted by atomic mass is 10.3. The number of hydrogen-bond donors (Lipinski definition) is 1. The van der Waals surface area contributed by atoms with Crippen LogP contribution in [-0.4, -0.2) is 70.3 Å². The quantitative estimate of drug-likeness (QED) is 0.793. The van der Waals surface area contributed by atoms with E-state index in [0.29, 0.717) is 50.1 Å². The number of nitrogens with one attached hydrogen (secondary N) is 1. The summed E-state index contributed by atoms with van der Waals surface area (Å²) in [4.78, 5) is 32.9. The number of imidazole rings is 1. The second-order valence-corrected chi connectivity index (χ2v) is 6.96. The highest BCUT2D eigenvalue weighted by Crippen LogP contribution is 2.22. The Bertz CT molecular complexity index is 792. The van der Waals surface area contributed by atoms with Crippen molar-refractivity contribution in [3.05, 3.63) is 28.5 Å². The van der Waals surface area contributed by atoms with Crippen LogP contribution in [-0.2, 0) is 9.59 Å². The second kappa shape index (κ2) is 7.99. The lowest BCUT2D eigenvalue weighted by Crippen LogP contribution is -2.50. The van der Waals surface area contributed by atoms with Gasteiger partial charge in [-0.3, -0.25) is 18.9 Å². The summed E-state index contributed by atoms with van der Waals surface area (Å²) >= 11 is 7.62. The Morgan fingerprint density at radius 2 is 2.12 bits per heavy atom. The molecular weight excluding hydrogens is 362 g/mol. The molecule has 134 valence electrons. The van der Waals surface area contributed by atoms with Gasteiger partial charge in [-0.05, 0) is 13.0 Å². The molecule has 0 radical (unpaired) electrons. The molecule has 1 fully saturated rings. The summed E-state index contributed by atoms with van der Waals surface area (Å²) in [5.74, 6) is -0.0313. The number of piperazine rings is 1. The molecule has 2 amide bonds. The molecule has 0 aliphatic carbocycles. The minimum Gasteiger partial charge on any atom is -0.355 e. The monoisotopic (exact) mass is 381 g/mol. The minimum absolute atomic E-state index is 0.0253. The first-order valence-electron chi connectivity index (χ1n) is 8.15. The van der Waals surface area contributed by atoms with Crippen molar-refractivity contribution in [3.63, 3.8) is 0 Å². The third-order valence-corrected chi connectivity index (χ3v) is 5.10. The highest BCUT2D eigenvalue weighted by atomic mass is 35.5. The first-order chi connectivity index (χ1) is 12.1. The zero-order valence-electron chi connectivity index (χ0n) is 13.9. The Morgan fingerprint density at radius 3 is 2.84 bits per heavy atom. The molecule has 0 aromatic carbocycles. The summed E-state index contributed by atoms with van der Waals surface area (Å²) in [6.07, 6.45) is 5.12. The van der Waals surface area contributed by atoms with Crippen LogP contribution in [0.25, 0.3) is 11.0 Å². The lowest BCUT2D eigenvalue weighted by Gasteiger charge is -2.33. The number of hydrogen-bond acceptors (Lipinski definition) is 5. The van der Waals surface area contributed by atoms with Crippen molar-refractivity contribution in [2.75, 3.05) is 39.3 Å². The first kappa shape index (κ1) is 17.9. The third-order valence-electron chi connectivity index (χ3n) is 4.06. The summed E-state index contributed by atoms with van der Waals surface area (Å²) in [6.45, 7) is 5.52. The molecule has 0 unspecified atom stereocenters. The molecule has 0 bridgehead atoms. The SMILES string of the molecule is CCNC(=O)CN1CCN(C(=O)/C=C/c2c(Cl)nc3sccn23)CC1. The number of fused-ring (bicyclic) bond motifs is 1. The van der Waals surface area contributed by atoms with Crippen LogP contribution in [0, 0.1) is 0 Å². The highest BCUT2D eigenvalue weighted by molar-refractivity contribution is 7.15. The smallest absolute Gasteiger partial charge is 0.246 e. The molecule has 7 nitrogen and oxygen atoms in total. The second-order valence-electron chi connectivity index (χ2n) is 5.73. The van der Waals surface area contributed by atoms with Crippen LogP contribution >= 0.6 is 22.9 Å². The zero-order chi connectivity index (χ0) is 17.8. The molecule has 2 aromatic rings. The van der Waals surface area contributed by atoms with Gasteiger partial charge >= 0.3 is 0 Å². The fraction of sp³-hybridized carbons (Fsp3) is 0.438. The summed E-state index contributed by atoms with van der Waals surface area (Å²) in [6, 6.07) is 0. The van der Waals surface area contributed by atoms with Crippen LogP contribution in [0.3, 0.4) is 0 Å². The Balaban J connectivity index is 1.55. The molecule has 1 aliphatic rings. The standard InChI is InChI=1S/C16H20ClN5O2S/c1-2-18-13(23)11-20-5-7-21(8-6-20)14(24)4-3-12-15(17)19-16-22(12)9-10-25-16/h3-4,9-10H,2,5-8,11H2,1H3,(H,18,23)/b4-3+. The van der Waals surface area contributed by atoms with Crippen molar-refractivity contribution in [1.82, 2.24) is 24.5 Å². The van der Waals surface area contributed by atoms with E-state index in [1.807, 2.05) is 22.9 Å². The van der Waals surface area contributed by atoms with E-state index >= 15 is 0 Å². The number of likely N-dealkylation sites (N-methyl/N-ethyl adjacent to an activating group) is 1. The van der Waals surface area contributed by atoms with Crippen molar-refractivity contribution < 1.29 is 9.59 Å². The van der Waals surface area contributed by atoms with E-state index in [4.69, 9.17) is 11.6 Å². The maximum absolute atomic E-state index is 12.4. The molecule has 9 heteroatoms. The molecule has 0 spiro atoms. The Hall–Kier alpha value is -1.90. The number of carbonyl (C=O) groups is 2. The van der Waals surface area contributed by atoms with Crippen LogP contribution < -0.4 is 5.32 Å². The first-order valence-corrected chi connectivity index (χ1v) is 9.41. The zero-order valence-corrected chi connectivity index (χ0v) is 15.5. The third kappa shape index (κ3) is 4.20. The highest BCUT2D eigenvalue weighted by Gasteiger charge is 2.21. The number of rotatable bonds is 5. The van der Waals surface area contributed by atoms with Gasteiger partial charge in [-0.15, -0.1) is 11.3 Å². The molecule has 3 rings (SSSR count). The predicted octanol–water partition coefficient (Wildman–Crippen LogP) is 1.34. The Labute approximate surface area is 154 Å². The topological polar surface area (TPSA) is 70.0 Å². The van der Waals surface area contributed by atoms with E-state index in [2.05, 4.69) is 15.2 Å².